The molecule has 0 bridgehead atoms. The number of carbonyl (C=O) groups excluding carboxylic acids is 1. The van der Waals surface area contributed by atoms with Gasteiger partial charge in [-0.25, -0.2) is 4.39 Å². The zero-order valence-electron chi connectivity index (χ0n) is 11.9. The van der Waals surface area contributed by atoms with Gasteiger partial charge in [-0.1, -0.05) is 24.3 Å². The Hall–Kier alpha value is -2.36. The first-order chi connectivity index (χ1) is 10.2. The van der Waals surface area contributed by atoms with E-state index in [1.54, 1.807) is 12.1 Å². The van der Waals surface area contributed by atoms with Gasteiger partial charge in [0.1, 0.15) is 11.6 Å². The number of para-hydroxylation sites is 2. The summed E-state index contributed by atoms with van der Waals surface area (Å²) in [6.07, 6.45) is 0.796. The lowest BCUT2D eigenvalue weighted by Gasteiger charge is -2.11. The fourth-order valence-electron chi connectivity index (χ4n) is 2.01. The minimum absolute atomic E-state index is 0.119. The quantitative estimate of drug-likeness (QED) is 0.877. The number of aryl methyl sites for hydroxylation is 1. The fraction of sp³-hybridized carbons (Fsp3) is 0.235. The van der Waals surface area contributed by atoms with Crippen molar-refractivity contribution in [1.82, 2.24) is 0 Å². The van der Waals surface area contributed by atoms with E-state index in [1.807, 2.05) is 31.2 Å². The molecule has 0 fully saturated rings. The first-order valence-electron chi connectivity index (χ1n) is 6.95. The molecule has 0 radical (unpaired) electrons. The highest BCUT2D eigenvalue weighted by molar-refractivity contribution is 5.92. The second-order valence-electron chi connectivity index (χ2n) is 4.61. The molecule has 2 aromatic rings. The van der Waals surface area contributed by atoms with E-state index < -0.39 is 0 Å². The van der Waals surface area contributed by atoms with Gasteiger partial charge in [-0.3, -0.25) is 4.79 Å². The highest BCUT2D eigenvalue weighted by atomic mass is 19.1. The van der Waals surface area contributed by atoms with Gasteiger partial charge in [-0.15, -0.1) is 0 Å². The number of rotatable bonds is 6. The van der Waals surface area contributed by atoms with Gasteiger partial charge < -0.3 is 10.1 Å². The molecule has 0 aliphatic rings. The SMILES string of the molecule is CCOc1ccccc1NC(=O)CCc1cccc(F)c1. The molecular weight excluding hydrogens is 269 g/mol. The van der Waals surface area contributed by atoms with E-state index in [-0.39, 0.29) is 11.7 Å². The third-order valence-corrected chi connectivity index (χ3v) is 2.99. The molecule has 1 amide bonds. The molecular formula is C17H18FNO2. The van der Waals surface area contributed by atoms with Gasteiger partial charge in [0.05, 0.1) is 12.3 Å². The van der Waals surface area contributed by atoms with E-state index in [1.165, 1.54) is 12.1 Å². The van der Waals surface area contributed by atoms with Gasteiger partial charge in [0.25, 0.3) is 0 Å². The molecule has 2 rings (SSSR count). The number of anilines is 1. The summed E-state index contributed by atoms with van der Waals surface area (Å²) >= 11 is 0. The maximum absolute atomic E-state index is 13.1. The summed E-state index contributed by atoms with van der Waals surface area (Å²) < 4.78 is 18.5. The maximum atomic E-state index is 13.1. The van der Waals surface area contributed by atoms with Crippen LogP contribution in [0.5, 0.6) is 5.75 Å². The van der Waals surface area contributed by atoms with Crippen LogP contribution in [0.3, 0.4) is 0 Å². The molecule has 110 valence electrons. The number of nitrogens with one attached hydrogen (secondary N) is 1. The van der Waals surface area contributed by atoms with E-state index in [0.717, 1.165) is 5.56 Å². The Morgan fingerprint density at radius 1 is 1.19 bits per heavy atom. The zero-order valence-corrected chi connectivity index (χ0v) is 11.9. The van der Waals surface area contributed by atoms with Gasteiger partial charge in [0.2, 0.25) is 5.91 Å². The molecule has 0 aromatic heterocycles. The summed E-state index contributed by atoms with van der Waals surface area (Å²) in [5, 5.41) is 2.82. The van der Waals surface area contributed by atoms with Crippen molar-refractivity contribution in [3.05, 3.63) is 59.9 Å². The monoisotopic (exact) mass is 287 g/mol. The van der Waals surface area contributed by atoms with Crippen LogP contribution in [-0.2, 0) is 11.2 Å². The van der Waals surface area contributed by atoms with Crippen molar-refractivity contribution < 1.29 is 13.9 Å². The number of benzene rings is 2. The zero-order chi connectivity index (χ0) is 15.1. The van der Waals surface area contributed by atoms with Crippen molar-refractivity contribution in [2.75, 3.05) is 11.9 Å². The second-order valence-corrected chi connectivity index (χ2v) is 4.61. The number of hydrogen-bond donors (Lipinski definition) is 1. The predicted octanol–water partition coefficient (Wildman–Crippen LogP) is 3.80. The van der Waals surface area contributed by atoms with Crippen LogP contribution in [0, 0.1) is 5.82 Å². The molecule has 1 N–H and O–H groups in total. The summed E-state index contributed by atoms with van der Waals surface area (Å²) in [6.45, 7) is 2.43. The molecule has 0 unspecified atom stereocenters. The van der Waals surface area contributed by atoms with Crippen molar-refractivity contribution in [1.29, 1.82) is 0 Å². The molecule has 4 heteroatoms. The topological polar surface area (TPSA) is 38.3 Å². The summed E-state index contributed by atoms with van der Waals surface area (Å²) in [4.78, 5) is 12.0. The average Bonchev–Trinajstić information content (AvgIpc) is 2.48. The van der Waals surface area contributed by atoms with Crippen LogP contribution in [0.4, 0.5) is 10.1 Å². The van der Waals surface area contributed by atoms with Crippen molar-refractivity contribution in [2.24, 2.45) is 0 Å². The number of hydrogen-bond acceptors (Lipinski definition) is 2. The van der Waals surface area contributed by atoms with E-state index >= 15 is 0 Å². The maximum Gasteiger partial charge on any atom is 0.224 e. The number of carbonyl (C=O) groups is 1. The third kappa shape index (κ3) is 4.60. The van der Waals surface area contributed by atoms with Crippen LogP contribution in [0.2, 0.25) is 0 Å². The summed E-state index contributed by atoms with van der Waals surface area (Å²) in [5.41, 5.74) is 1.46. The minimum atomic E-state index is -0.283. The lowest BCUT2D eigenvalue weighted by atomic mass is 10.1. The summed E-state index contributed by atoms with van der Waals surface area (Å²) in [7, 11) is 0. The average molecular weight is 287 g/mol. The van der Waals surface area contributed by atoms with E-state index in [2.05, 4.69) is 5.32 Å². The Balaban J connectivity index is 1.93. The van der Waals surface area contributed by atoms with Crippen molar-refractivity contribution in [3.63, 3.8) is 0 Å². The first-order valence-corrected chi connectivity index (χ1v) is 6.95. The fourth-order valence-corrected chi connectivity index (χ4v) is 2.01. The minimum Gasteiger partial charge on any atom is -0.492 e. The Morgan fingerprint density at radius 3 is 2.76 bits per heavy atom. The van der Waals surface area contributed by atoms with Crippen LogP contribution < -0.4 is 10.1 Å². The van der Waals surface area contributed by atoms with E-state index in [9.17, 15) is 9.18 Å². The number of ether oxygens (including phenoxy) is 1. The molecule has 0 atom stereocenters. The number of amides is 1. The highest BCUT2D eigenvalue weighted by Crippen LogP contribution is 2.23. The normalized spacial score (nSPS) is 10.2. The molecule has 3 nitrogen and oxygen atoms in total. The van der Waals surface area contributed by atoms with Gasteiger partial charge in [0, 0.05) is 6.42 Å². The molecule has 0 aliphatic heterocycles. The Bertz CT molecular complexity index is 613. The summed E-state index contributed by atoms with van der Waals surface area (Å²) in [5.74, 6) is 0.250. The van der Waals surface area contributed by atoms with Crippen molar-refractivity contribution in [3.8, 4) is 5.75 Å². The van der Waals surface area contributed by atoms with Crippen LogP contribution in [0.25, 0.3) is 0 Å². The molecule has 0 saturated heterocycles. The first kappa shape index (κ1) is 15.0. The van der Waals surface area contributed by atoms with E-state index in [0.29, 0.717) is 30.9 Å². The lowest BCUT2D eigenvalue weighted by molar-refractivity contribution is -0.116. The van der Waals surface area contributed by atoms with Gasteiger partial charge >= 0.3 is 0 Å². The van der Waals surface area contributed by atoms with Crippen LogP contribution in [0.15, 0.2) is 48.5 Å². The highest BCUT2D eigenvalue weighted by Gasteiger charge is 2.07. The third-order valence-electron chi connectivity index (χ3n) is 2.99. The molecule has 0 spiro atoms. The van der Waals surface area contributed by atoms with Crippen LogP contribution in [-0.4, -0.2) is 12.5 Å². The van der Waals surface area contributed by atoms with Crippen LogP contribution in [0.1, 0.15) is 18.9 Å². The molecule has 0 saturated carbocycles. The van der Waals surface area contributed by atoms with Crippen molar-refractivity contribution in [2.45, 2.75) is 19.8 Å². The Labute approximate surface area is 123 Å². The standard InChI is InChI=1S/C17H18FNO2/c1-2-21-16-9-4-3-8-15(16)19-17(20)11-10-13-6-5-7-14(18)12-13/h3-9,12H,2,10-11H2,1H3,(H,19,20). The largest absolute Gasteiger partial charge is 0.492 e. The smallest absolute Gasteiger partial charge is 0.224 e. The van der Waals surface area contributed by atoms with Crippen LogP contribution >= 0.6 is 0 Å². The van der Waals surface area contributed by atoms with Crippen molar-refractivity contribution >= 4 is 11.6 Å². The molecule has 21 heavy (non-hydrogen) atoms. The molecule has 2 aromatic carbocycles. The van der Waals surface area contributed by atoms with Gasteiger partial charge in [-0.05, 0) is 43.2 Å². The summed E-state index contributed by atoms with van der Waals surface area (Å²) in [6, 6.07) is 13.6. The van der Waals surface area contributed by atoms with Gasteiger partial charge in [0.15, 0.2) is 0 Å². The van der Waals surface area contributed by atoms with Gasteiger partial charge in [-0.2, -0.15) is 0 Å². The molecule has 0 aliphatic carbocycles. The predicted molar refractivity (Wildman–Crippen MR) is 81.0 cm³/mol. The number of halogens is 1. The Morgan fingerprint density at radius 2 is 2.00 bits per heavy atom. The molecule has 0 heterocycles. The lowest BCUT2D eigenvalue weighted by Crippen LogP contribution is -2.13. The Kier molecular flexibility index (Phi) is 5.32. The second kappa shape index (κ2) is 7.43. The van der Waals surface area contributed by atoms with E-state index in [4.69, 9.17) is 4.74 Å².